The van der Waals surface area contributed by atoms with E-state index in [2.05, 4.69) is 31.0 Å². The molecule has 2 aromatic heterocycles. The van der Waals surface area contributed by atoms with Crippen molar-refractivity contribution in [2.24, 2.45) is 0 Å². The van der Waals surface area contributed by atoms with Crippen LogP contribution in [0.1, 0.15) is 69.8 Å². The highest BCUT2D eigenvalue weighted by Gasteiger charge is 2.29. The van der Waals surface area contributed by atoms with Gasteiger partial charge in [0.2, 0.25) is 22.1 Å². The maximum Gasteiger partial charge on any atom is 0.230 e. The summed E-state index contributed by atoms with van der Waals surface area (Å²) in [6.45, 7) is -0.128. The molecular formula is C28H30N6O4S2. The van der Waals surface area contributed by atoms with E-state index in [0.29, 0.717) is 10.3 Å². The van der Waals surface area contributed by atoms with Gasteiger partial charge in [-0.3, -0.25) is 9.59 Å². The first-order valence-electron chi connectivity index (χ1n) is 13.1. The number of nitrogens with one attached hydrogen (secondary N) is 2. The second-order valence-electron chi connectivity index (χ2n) is 9.86. The second-order valence-corrected chi connectivity index (χ2v) is 11.9. The van der Waals surface area contributed by atoms with E-state index in [1.165, 1.54) is 22.7 Å². The van der Waals surface area contributed by atoms with Crippen molar-refractivity contribution in [2.75, 3.05) is 10.6 Å². The number of hydrogen-bond acceptors (Lipinski definition) is 10. The lowest BCUT2D eigenvalue weighted by Crippen LogP contribution is -2.14. The van der Waals surface area contributed by atoms with Gasteiger partial charge in [0, 0.05) is 11.8 Å². The molecule has 40 heavy (non-hydrogen) atoms. The van der Waals surface area contributed by atoms with Crippen LogP contribution in [0.5, 0.6) is 0 Å². The average Bonchev–Trinajstić information content (AvgIpc) is 3.63. The maximum absolute atomic E-state index is 12.5. The molecule has 2 heterocycles. The Morgan fingerprint density at radius 1 is 0.725 bits per heavy atom. The number of nitrogens with zero attached hydrogens (tertiary/aromatic N) is 4. The van der Waals surface area contributed by atoms with Crippen molar-refractivity contribution in [1.29, 1.82) is 0 Å². The molecule has 2 atom stereocenters. The van der Waals surface area contributed by atoms with Crippen LogP contribution in [0.15, 0.2) is 48.5 Å². The predicted octanol–water partition coefficient (Wildman–Crippen LogP) is 4.18. The molecule has 0 aliphatic heterocycles. The normalized spacial score (nSPS) is 16.9. The Labute approximate surface area is 239 Å². The van der Waals surface area contributed by atoms with Crippen molar-refractivity contribution in [3.05, 3.63) is 80.8 Å². The van der Waals surface area contributed by atoms with Gasteiger partial charge in [0.25, 0.3) is 0 Å². The van der Waals surface area contributed by atoms with Crippen LogP contribution in [0.3, 0.4) is 0 Å². The molecule has 0 saturated heterocycles. The molecule has 2 amide bonds. The summed E-state index contributed by atoms with van der Waals surface area (Å²) >= 11 is 2.80. The van der Waals surface area contributed by atoms with Gasteiger partial charge >= 0.3 is 0 Å². The fraction of sp³-hybridized carbons (Fsp3) is 0.357. The van der Waals surface area contributed by atoms with E-state index >= 15 is 0 Å². The fourth-order valence-electron chi connectivity index (χ4n) is 4.91. The van der Waals surface area contributed by atoms with E-state index in [1.54, 1.807) is 0 Å². The number of carbonyl (C=O) groups excluding carboxylic acids is 2. The number of carbonyl (C=O) groups is 2. The number of anilines is 2. The molecule has 4 aromatic rings. The summed E-state index contributed by atoms with van der Waals surface area (Å²) in [7, 11) is 0. The first kappa shape index (κ1) is 28.0. The maximum atomic E-state index is 12.5. The third-order valence-electron chi connectivity index (χ3n) is 6.82. The molecule has 0 unspecified atom stereocenters. The molecule has 0 spiro atoms. The molecule has 4 N–H and O–H groups in total. The summed E-state index contributed by atoms with van der Waals surface area (Å²) in [5.41, 5.74) is 3.19. The van der Waals surface area contributed by atoms with Crippen LogP contribution in [-0.4, -0.2) is 42.4 Å². The number of hydrogen-bond donors (Lipinski definition) is 4. The molecule has 10 nitrogen and oxygen atoms in total. The van der Waals surface area contributed by atoms with Gasteiger partial charge in [-0.1, -0.05) is 77.6 Å². The Balaban J connectivity index is 1.14. The Morgan fingerprint density at radius 3 is 1.62 bits per heavy atom. The lowest BCUT2D eigenvalue weighted by atomic mass is 9.82. The van der Waals surface area contributed by atoms with Crippen LogP contribution < -0.4 is 10.6 Å². The minimum Gasteiger partial charge on any atom is -0.392 e. The molecule has 5 rings (SSSR count). The molecule has 1 aliphatic carbocycles. The van der Waals surface area contributed by atoms with E-state index in [0.717, 1.165) is 58.0 Å². The topological polar surface area (TPSA) is 150 Å². The Bertz CT molecular complexity index is 1360. The van der Waals surface area contributed by atoms with E-state index in [1.807, 2.05) is 48.5 Å². The molecule has 12 heteroatoms. The van der Waals surface area contributed by atoms with E-state index in [9.17, 15) is 19.8 Å². The van der Waals surface area contributed by atoms with Gasteiger partial charge in [-0.05, 0) is 41.5 Å². The summed E-state index contributed by atoms with van der Waals surface area (Å²) in [6, 6.07) is 14.6. The van der Waals surface area contributed by atoms with Gasteiger partial charge in [0.15, 0.2) is 0 Å². The quantitative estimate of drug-likeness (QED) is 0.219. The molecule has 0 radical (unpaired) electrons. The Kier molecular flexibility index (Phi) is 9.22. The van der Waals surface area contributed by atoms with Crippen LogP contribution in [0.25, 0.3) is 0 Å². The minimum atomic E-state index is -0.177. The van der Waals surface area contributed by atoms with Crippen molar-refractivity contribution in [2.45, 2.75) is 63.6 Å². The molecule has 0 bridgehead atoms. The summed E-state index contributed by atoms with van der Waals surface area (Å²) in [6.07, 6.45) is 4.23. The number of amides is 2. The third-order valence-corrected chi connectivity index (χ3v) is 8.83. The first-order chi connectivity index (χ1) is 19.5. The smallest absolute Gasteiger partial charge is 0.230 e. The zero-order valence-electron chi connectivity index (χ0n) is 21.7. The zero-order valence-corrected chi connectivity index (χ0v) is 23.4. The summed E-state index contributed by atoms with van der Waals surface area (Å²) < 4.78 is 0. The van der Waals surface area contributed by atoms with Gasteiger partial charge < -0.3 is 20.8 Å². The van der Waals surface area contributed by atoms with Crippen molar-refractivity contribution >= 4 is 44.8 Å². The van der Waals surface area contributed by atoms with Gasteiger partial charge in [0.1, 0.15) is 10.0 Å². The Hall–Kier alpha value is -3.58. The number of aliphatic hydroxyl groups excluding tert-OH is 2. The number of aliphatic hydroxyl groups is 2. The van der Waals surface area contributed by atoms with E-state index in [4.69, 9.17) is 0 Å². The van der Waals surface area contributed by atoms with Crippen LogP contribution >= 0.6 is 22.7 Å². The van der Waals surface area contributed by atoms with Crippen molar-refractivity contribution in [3.63, 3.8) is 0 Å². The van der Waals surface area contributed by atoms with Crippen LogP contribution in [0, 0.1) is 0 Å². The van der Waals surface area contributed by atoms with Gasteiger partial charge in [-0.2, -0.15) is 0 Å². The fourth-order valence-corrected chi connectivity index (χ4v) is 6.73. The SMILES string of the molecule is O=C(Cc1cccc(CO)c1)Nc1nnc([C@H]2CCC[C@H](c3nnc(NC(=O)Cc4cccc(CO)c4)s3)C2)s1. The van der Waals surface area contributed by atoms with Crippen LogP contribution in [-0.2, 0) is 35.6 Å². The highest BCUT2D eigenvalue weighted by molar-refractivity contribution is 7.15. The third kappa shape index (κ3) is 7.33. The lowest BCUT2D eigenvalue weighted by molar-refractivity contribution is -0.116. The van der Waals surface area contributed by atoms with Gasteiger partial charge in [-0.25, -0.2) is 0 Å². The van der Waals surface area contributed by atoms with E-state index < -0.39 is 0 Å². The average molecular weight is 579 g/mol. The Morgan fingerprint density at radius 2 is 1.18 bits per heavy atom. The molecule has 1 saturated carbocycles. The summed E-state index contributed by atoms with van der Waals surface area (Å²) in [4.78, 5) is 25.1. The second kappa shape index (κ2) is 13.2. The van der Waals surface area contributed by atoms with E-state index in [-0.39, 0.29) is 49.7 Å². The molecular weight excluding hydrogens is 548 g/mol. The highest BCUT2D eigenvalue weighted by atomic mass is 32.1. The van der Waals surface area contributed by atoms with Crippen molar-refractivity contribution < 1.29 is 19.8 Å². The summed E-state index contributed by atoms with van der Waals surface area (Å²) in [5.74, 6) is 0.0699. The van der Waals surface area contributed by atoms with Crippen molar-refractivity contribution in [3.8, 4) is 0 Å². The summed E-state index contributed by atoms with van der Waals surface area (Å²) in [5, 5.41) is 44.2. The van der Waals surface area contributed by atoms with Crippen LogP contribution in [0.2, 0.25) is 0 Å². The predicted molar refractivity (Wildman–Crippen MR) is 153 cm³/mol. The number of rotatable bonds is 10. The molecule has 2 aromatic carbocycles. The highest BCUT2D eigenvalue weighted by Crippen LogP contribution is 2.43. The number of benzene rings is 2. The van der Waals surface area contributed by atoms with Gasteiger partial charge in [-0.15, -0.1) is 20.4 Å². The first-order valence-corrected chi connectivity index (χ1v) is 14.8. The van der Waals surface area contributed by atoms with Gasteiger partial charge in [0.05, 0.1) is 26.1 Å². The zero-order chi connectivity index (χ0) is 27.9. The molecule has 208 valence electrons. The van der Waals surface area contributed by atoms with Crippen LogP contribution in [0.4, 0.5) is 10.3 Å². The lowest BCUT2D eigenvalue weighted by Gasteiger charge is -2.25. The van der Waals surface area contributed by atoms with Crippen molar-refractivity contribution in [1.82, 2.24) is 20.4 Å². The standard InChI is InChI=1S/C28H30N6O4S2/c35-15-19-6-1-4-17(10-19)12-23(37)29-27-33-31-25(39-27)21-8-3-9-22(14-21)26-32-34-28(40-26)30-24(38)13-18-5-2-7-20(11-18)16-36/h1-2,4-7,10-11,21-22,35-36H,3,8-9,12-16H2,(H,29,33,37)(H,30,34,38)/t21-,22-/m0/s1. The minimum absolute atomic E-state index is 0.0638. The molecule has 1 fully saturated rings. The monoisotopic (exact) mass is 578 g/mol. The molecule has 1 aliphatic rings. The largest absolute Gasteiger partial charge is 0.392 e. The number of aromatic nitrogens is 4.